The highest BCUT2D eigenvalue weighted by molar-refractivity contribution is 5.68. The molecule has 1 aliphatic heterocycles. The van der Waals surface area contributed by atoms with Gasteiger partial charge < -0.3 is 19.9 Å². The van der Waals surface area contributed by atoms with Gasteiger partial charge in [-0.15, -0.1) is 0 Å². The van der Waals surface area contributed by atoms with E-state index < -0.39 is 0 Å². The molecule has 160 valence electrons. The summed E-state index contributed by atoms with van der Waals surface area (Å²) in [6.07, 6.45) is 1.71. The normalized spacial score (nSPS) is 18.1. The Morgan fingerprint density at radius 2 is 1.81 bits per heavy atom. The molecule has 0 aliphatic carbocycles. The Labute approximate surface area is 181 Å². The molecule has 3 aromatic rings. The third kappa shape index (κ3) is 4.49. The molecule has 0 spiro atoms. The smallest absolute Gasteiger partial charge is 0.162 e. The van der Waals surface area contributed by atoms with Gasteiger partial charge in [0.2, 0.25) is 0 Å². The van der Waals surface area contributed by atoms with Gasteiger partial charge in [0.15, 0.2) is 11.5 Å². The summed E-state index contributed by atoms with van der Waals surface area (Å²) in [5, 5.41) is 17.8. The summed E-state index contributed by atoms with van der Waals surface area (Å²) in [5.41, 5.74) is 3.39. The highest BCUT2D eigenvalue weighted by Crippen LogP contribution is 2.38. The largest absolute Gasteiger partial charge is 0.504 e. The number of nitrogens with one attached hydrogen (secondary N) is 2. The summed E-state index contributed by atoms with van der Waals surface area (Å²) < 4.78 is 24.4. The van der Waals surface area contributed by atoms with E-state index in [0.717, 1.165) is 22.6 Å². The molecule has 2 atom stereocenters. The van der Waals surface area contributed by atoms with Gasteiger partial charge in [-0.2, -0.15) is 0 Å². The number of rotatable bonds is 6. The van der Waals surface area contributed by atoms with E-state index >= 15 is 0 Å². The van der Waals surface area contributed by atoms with Crippen molar-refractivity contribution >= 4 is 5.70 Å². The Bertz CT molecular complexity index is 1080. The Kier molecular flexibility index (Phi) is 6.09. The Hall–Kier alpha value is -3.51. The van der Waals surface area contributed by atoms with Gasteiger partial charge in [-0.25, -0.2) is 4.39 Å². The molecule has 0 aromatic heterocycles. The summed E-state index contributed by atoms with van der Waals surface area (Å²) in [6, 6.07) is 19.2. The van der Waals surface area contributed by atoms with Gasteiger partial charge in [0, 0.05) is 16.8 Å². The molecular weight excluding hydrogens is 395 g/mol. The number of phenols is 1. The van der Waals surface area contributed by atoms with Gasteiger partial charge in [0.1, 0.15) is 17.7 Å². The molecule has 4 rings (SSSR count). The van der Waals surface area contributed by atoms with Gasteiger partial charge in [-0.05, 0) is 48.9 Å². The molecule has 0 bridgehead atoms. The molecule has 0 amide bonds. The first-order valence-electron chi connectivity index (χ1n) is 10.2. The second kappa shape index (κ2) is 9.10. The standard InChI is InChI=1S/C25H25FN2O3/c1-3-31-23-9-5-8-20(24(23)29)22-15-21(17-6-4-7-19(14-17)30-2)27-25(28-22)16-10-12-18(26)13-11-16/h4-15,22,25,27-29H,3H2,1-2H3. The van der Waals surface area contributed by atoms with Crippen LogP contribution >= 0.6 is 0 Å². The molecule has 5 nitrogen and oxygen atoms in total. The van der Waals surface area contributed by atoms with Gasteiger partial charge >= 0.3 is 0 Å². The second-order valence-corrected chi connectivity index (χ2v) is 7.21. The van der Waals surface area contributed by atoms with Crippen molar-refractivity contribution in [3.63, 3.8) is 0 Å². The Balaban J connectivity index is 1.77. The predicted octanol–water partition coefficient (Wildman–Crippen LogP) is 4.91. The lowest BCUT2D eigenvalue weighted by molar-refractivity contribution is 0.314. The minimum Gasteiger partial charge on any atom is -0.504 e. The van der Waals surface area contributed by atoms with E-state index in [-0.39, 0.29) is 23.8 Å². The summed E-state index contributed by atoms with van der Waals surface area (Å²) in [6.45, 7) is 2.33. The minimum atomic E-state index is -0.307. The molecule has 31 heavy (non-hydrogen) atoms. The molecule has 3 N–H and O–H groups in total. The lowest BCUT2D eigenvalue weighted by Crippen LogP contribution is -2.39. The molecule has 1 aliphatic rings. The number of para-hydroxylation sites is 1. The number of phenolic OH excluding ortho intramolecular Hbond substituents is 1. The summed E-state index contributed by atoms with van der Waals surface area (Å²) in [7, 11) is 1.63. The van der Waals surface area contributed by atoms with Crippen molar-refractivity contribution in [3.05, 3.63) is 95.3 Å². The lowest BCUT2D eigenvalue weighted by atomic mass is 9.97. The van der Waals surface area contributed by atoms with Gasteiger partial charge in [-0.1, -0.05) is 36.4 Å². The fourth-order valence-corrected chi connectivity index (χ4v) is 3.69. The molecule has 3 aromatic carbocycles. The molecular formula is C25H25FN2O3. The van der Waals surface area contributed by atoms with Crippen LogP contribution in [0.2, 0.25) is 0 Å². The number of halogens is 1. The maximum absolute atomic E-state index is 13.5. The summed E-state index contributed by atoms with van der Waals surface area (Å²) >= 11 is 0. The van der Waals surface area contributed by atoms with E-state index in [1.807, 2.05) is 49.4 Å². The van der Waals surface area contributed by atoms with Crippen LogP contribution in [0.15, 0.2) is 72.8 Å². The van der Waals surface area contributed by atoms with Crippen LogP contribution in [-0.4, -0.2) is 18.8 Å². The number of hydrogen-bond donors (Lipinski definition) is 3. The highest BCUT2D eigenvalue weighted by Gasteiger charge is 2.26. The lowest BCUT2D eigenvalue weighted by Gasteiger charge is -2.33. The first-order valence-corrected chi connectivity index (χ1v) is 10.2. The van der Waals surface area contributed by atoms with Crippen LogP contribution in [0.25, 0.3) is 5.70 Å². The number of aromatic hydroxyl groups is 1. The van der Waals surface area contributed by atoms with E-state index in [9.17, 15) is 9.50 Å². The zero-order valence-corrected chi connectivity index (χ0v) is 17.4. The first kappa shape index (κ1) is 20.8. The van der Waals surface area contributed by atoms with Crippen molar-refractivity contribution in [2.75, 3.05) is 13.7 Å². The number of benzene rings is 3. The van der Waals surface area contributed by atoms with E-state index in [4.69, 9.17) is 9.47 Å². The van der Waals surface area contributed by atoms with Gasteiger partial charge in [-0.3, -0.25) is 5.32 Å². The SMILES string of the molecule is CCOc1cccc(C2C=C(c3cccc(OC)c3)NC(c3ccc(F)cc3)N2)c1O. The van der Waals surface area contributed by atoms with Crippen LogP contribution in [0, 0.1) is 5.82 Å². The van der Waals surface area contributed by atoms with Crippen molar-refractivity contribution in [2.24, 2.45) is 0 Å². The molecule has 6 heteroatoms. The predicted molar refractivity (Wildman–Crippen MR) is 118 cm³/mol. The first-order chi connectivity index (χ1) is 15.1. The second-order valence-electron chi connectivity index (χ2n) is 7.21. The van der Waals surface area contributed by atoms with Crippen LogP contribution < -0.4 is 20.1 Å². The topological polar surface area (TPSA) is 62.8 Å². The van der Waals surface area contributed by atoms with Crippen molar-refractivity contribution in [1.29, 1.82) is 0 Å². The van der Waals surface area contributed by atoms with E-state index in [0.29, 0.717) is 17.9 Å². The van der Waals surface area contributed by atoms with Crippen LogP contribution in [0.5, 0.6) is 17.2 Å². The summed E-state index contributed by atoms with van der Waals surface area (Å²) in [4.78, 5) is 0. The molecule has 0 fully saturated rings. The third-order valence-corrected chi connectivity index (χ3v) is 5.23. The number of hydrogen-bond acceptors (Lipinski definition) is 5. The molecule has 0 radical (unpaired) electrons. The Morgan fingerprint density at radius 3 is 2.55 bits per heavy atom. The average molecular weight is 420 g/mol. The maximum Gasteiger partial charge on any atom is 0.162 e. The van der Waals surface area contributed by atoms with Crippen LogP contribution in [-0.2, 0) is 0 Å². The van der Waals surface area contributed by atoms with Crippen molar-refractivity contribution < 1.29 is 19.0 Å². The fraction of sp³-hybridized carbons (Fsp3) is 0.200. The maximum atomic E-state index is 13.5. The molecule has 2 unspecified atom stereocenters. The Morgan fingerprint density at radius 1 is 1.03 bits per heavy atom. The zero-order valence-electron chi connectivity index (χ0n) is 17.4. The quantitative estimate of drug-likeness (QED) is 0.529. The van der Waals surface area contributed by atoms with E-state index in [2.05, 4.69) is 10.6 Å². The van der Waals surface area contributed by atoms with Crippen molar-refractivity contribution in [2.45, 2.75) is 19.1 Å². The number of ether oxygens (including phenoxy) is 2. The average Bonchev–Trinajstić information content (AvgIpc) is 2.81. The molecule has 0 saturated heterocycles. The van der Waals surface area contributed by atoms with Crippen molar-refractivity contribution in [1.82, 2.24) is 10.6 Å². The highest BCUT2D eigenvalue weighted by atomic mass is 19.1. The van der Waals surface area contributed by atoms with E-state index in [1.54, 1.807) is 25.3 Å². The zero-order chi connectivity index (χ0) is 21.8. The molecule has 0 saturated carbocycles. The van der Waals surface area contributed by atoms with Gasteiger partial charge in [0.25, 0.3) is 0 Å². The van der Waals surface area contributed by atoms with Crippen LogP contribution in [0.1, 0.15) is 35.8 Å². The van der Waals surface area contributed by atoms with E-state index in [1.165, 1.54) is 12.1 Å². The summed E-state index contributed by atoms with van der Waals surface area (Å²) in [5.74, 6) is 0.995. The molecule has 1 heterocycles. The van der Waals surface area contributed by atoms with Crippen molar-refractivity contribution in [3.8, 4) is 17.2 Å². The van der Waals surface area contributed by atoms with Gasteiger partial charge in [0.05, 0.1) is 19.8 Å². The van der Waals surface area contributed by atoms with Crippen LogP contribution in [0.4, 0.5) is 4.39 Å². The third-order valence-electron chi connectivity index (χ3n) is 5.23. The monoisotopic (exact) mass is 420 g/mol. The number of methoxy groups -OCH3 is 1. The van der Waals surface area contributed by atoms with Crippen LogP contribution in [0.3, 0.4) is 0 Å². The fourth-order valence-electron chi connectivity index (χ4n) is 3.69. The minimum absolute atomic E-state index is 0.0999.